The topological polar surface area (TPSA) is 75.4 Å². The fourth-order valence-corrected chi connectivity index (χ4v) is 2.11. The molecule has 19 heavy (non-hydrogen) atoms. The Morgan fingerprint density at radius 3 is 2.32 bits per heavy atom. The molecule has 0 aromatic rings. The van der Waals surface area contributed by atoms with Crippen LogP contribution in [0.2, 0.25) is 0 Å². The zero-order chi connectivity index (χ0) is 14.8. The van der Waals surface area contributed by atoms with Gasteiger partial charge in [-0.1, -0.05) is 13.8 Å². The van der Waals surface area contributed by atoms with Gasteiger partial charge in [0.05, 0.1) is 6.54 Å². The summed E-state index contributed by atoms with van der Waals surface area (Å²) in [5, 5.41) is 2.71. The number of carbonyl (C=O) groups excluding carboxylic acids is 2. The third-order valence-corrected chi connectivity index (χ3v) is 3.04. The van der Waals surface area contributed by atoms with Crippen molar-refractivity contribution in [3.05, 3.63) is 0 Å². The highest BCUT2D eigenvalue weighted by molar-refractivity contribution is 5.84. The van der Waals surface area contributed by atoms with Crippen molar-refractivity contribution < 1.29 is 9.59 Å². The number of hydrogen-bond donors (Lipinski definition) is 2. The summed E-state index contributed by atoms with van der Waals surface area (Å²) in [6, 6.07) is 0. The van der Waals surface area contributed by atoms with Crippen molar-refractivity contribution in [1.29, 1.82) is 0 Å². The standard InChI is InChI=1S/C14H29N3O2/c1-5-16-13(18)10-17(6-2)14(19)8-12(9-15)7-11(3)4/h11-12H,5-10,15H2,1-4H3,(H,16,18). The summed E-state index contributed by atoms with van der Waals surface area (Å²) in [5.41, 5.74) is 5.71. The van der Waals surface area contributed by atoms with Crippen LogP contribution in [0.4, 0.5) is 0 Å². The van der Waals surface area contributed by atoms with E-state index in [4.69, 9.17) is 5.73 Å². The van der Waals surface area contributed by atoms with E-state index in [-0.39, 0.29) is 24.3 Å². The molecule has 5 nitrogen and oxygen atoms in total. The number of nitrogens with one attached hydrogen (secondary N) is 1. The number of likely N-dealkylation sites (N-methyl/N-ethyl adjacent to an activating group) is 2. The number of nitrogens with two attached hydrogens (primary N) is 1. The summed E-state index contributed by atoms with van der Waals surface area (Å²) in [7, 11) is 0. The number of rotatable bonds is 9. The summed E-state index contributed by atoms with van der Waals surface area (Å²) >= 11 is 0. The van der Waals surface area contributed by atoms with Gasteiger partial charge in [-0.2, -0.15) is 0 Å². The molecule has 1 unspecified atom stereocenters. The molecule has 5 heteroatoms. The smallest absolute Gasteiger partial charge is 0.239 e. The Labute approximate surface area is 116 Å². The van der Waals surface area contributed by atoms with E-state index in [2.05, 4.69) is 19.2 Å². The van der Waals surface area contributed by atoms with Crippen LogP contribution in [0.1, 0.15) is 40.5 Å². The predicted octanol–water partition coefficient (Wildman–Crippen LogP) is 0.982. The lowest BCUT2D eigenvalue weighted by atomic mass is 9.94. The summed E-state index contributed by atoms with van der Waals surface area (Å²) in [6.07, 6.45) is 1.38. The minimum atomic E-state index is -0.106. The van der Waals surface area contributed by atoms with Crippen molar-refractivity contribution >= 4 is 11.8 Å². The number of hydrogen-bond acceptors (Lipinski definition) is 3. The van der Waals surface area contributed by atoms with Gasteiger partial charge in [-0.15, -0.1) is 0 Å². The Bertz CT molecular complexity index is 280. The Morgan fingerprint density at radius 1 is 1.26 bits per heavy atom. The maximum atomic E-state index is 12.2. The molecule has 0 heterocycles. The van der Waals surface area contributed by atoms with Gasteiger partial charge in [0.1, 0.15) is 0 Å². The highest BCUT2D eigenvalue weighted by atomic mass is 16.2. The molecule has 0 radical (unpaired) electrons. The molecule has 2 amide bonds. The minimum Gasteiger partial charge on any atom is -0.355 e. The third-order valence-electron chi connectivity index (χ3n) is 3.04. The van der Waals surface area contributed by atoms with Crippen LogP contribution in [0.3, 0.4) is 0 Å². The van der Waals surface area contributed by atoms with Crippen molar-refractivity contribution in [3.8, 4) is 0 Å². The first-order valence-corrected chi connectivity index (χ1v) is 7.19. The quantitative estimate of drug-likeness (QED) is 0.656. The second-order valence-corrected chi connectivity index (χ2v) is 5.30. The van der Waals surface area contributed by atoms with Crippen LogP contribution in [-0.4, -0.2) is 42.9 Å². The number of nitrogens with zero attached hydrogens (tertiary/aromatic N) is 1. The molecule has 0 fully saturated rings. The summed E-state index contributed by atoms with van der Waals surface area (Å²) in [6.45, 7) is 9.79. The van der Waals surface area contributed by atoms with Crippen molar-refractivity contribution in [2.24, 2.45) is 17.6 Å². The van der Waals surface area contributed by atoms with Crippen molar-refractivity contribution in [3.63, 3.8) is 0 Å². The normalized spacial score (nSPS) is 12.3. The molecule has 0 aromatic heterocycles. The monoisotopic (exact) mass is 271 g/mol. The average Bonchev–Trinajstić information content (AvgIpc) is 2.34. The highest BCUT2D eigenvalue weighted by Crippen LogP contribution is 2.15. The van der Waals surface area contributed by atoms with Crippen LogP contribution >= 0.6 is 0 Å². The molecule has 0 aliphatic carbocycles. The van der Waals surface area contributed by atoms with Gasteiger partial charge in [0, 0.05) is 19.5 Å². The Hall–Kier alpha value is -1.10. The summed E-state index contributed by atoms with van der Waals surface area (Å²) < 4.78 is 0. The number of carbonyl (C=O) groups is 2. The lowest BCUT2D eigenvalue weighted by molar-refractivity contribution is -0.136. The molecular weight excluding hydrogens is 242 g/mol. The van der Waals surface area contributed by atoms with Crippen molar-refractivity contribution in [2.45, 2.75) is 40.5 Å². The van der Waals surface area contributed by atoms with Crippen LogP contribution in [0.15, 0.2) is 0 Å². The molecule has 0 rings (SSSR count). The van der Waals surface area contributed by atoms with Crippen LogP contribution < -0.4 is 11.1 Å². The molecule has 0 spiro atoms. The molecule has 0 aliphatic heterocycles. The first kappa shape index (κ1) is 17.9. The summed E-state index contributed by atoms with van der Waals surface area (Å²) in [5.74, 6) is 0.645. The highest BCUT2D eigenvalue weighted by Gasteiger charge is 2.19. The van der Waals surface area contributed by atoms with E-state index in [0.29, 0.717) is 32.0 Å². The van der Waals surface area contributed by atoms with E-state index in [1.165, 1.54) is 0 Å². The first-order valence-electron chi connectivity index (χ1n) is 7.19. The molecule has 0 aromatic carbocycles. The van der Waals surface area contributed by atoms with E-state index >= 15 is 0 Å². The third kappa shape index (κ3) is 7.82. The van der Waals surface area contributed by atoms with E-state index in [1.54, 1.807) is 4.90 Å². The zero-order valence-electron chi connectivity index (χ0n) is 12.7. The van der Waals surface area contributed by atoms with Crippen LogP contribution in [0, 0.1) is 11.8 Å². The second-order valence-electron chi connectivity index (χ2n) is 5.30. The van der Waals surface area contributed by atoms with E-state index in [1.807, 2.05) is 13.8 Å². The van der Waals surface area contributed by atoms with Crippen molar-refractivity contribution in [1.82, 2.24) is 10.2 Å². The lowest BCUT2D eigenvalue weighted by Gasteiger charge is -2.23. The largest absolute Gasteiger partial charge is 0.355 e. The van der Waals surface area contributed by atoms with Crippen LogP contribution in [0.5, 0.6) is 0 Å². The molecule has 1 atom stereocenters. The van der Waals surface area contributed by atoms with Gasteiger partial charge < -0.3 is 16.0 Å². The Morgan fingerprint density at radius 2 is 1.89 bits per heavy atom. The molecule has 3 N–H and O–H groups in total. The molecule has 0 bridgehead atoms. The predicted molar refractivity (Wildman–Crippen MR) is 77.6 cm³/mol. The van der Waals surface area contributed by atoms with E-state index < -0.39 is 0 Å². The maximum Gasteiger partial charge on any atom is 0.239 e. The molecule has 0 aliphatic rings. The Balaban J connectivity index is 4.36. The van der Waals surface area contributed by atoms with Gasteiger partial charge in [0.2, 0.25) is 11.8 Å². The van der Waals surface area contributed by atoms with Gasteiger partial charge in [0.15, 0.2) is 0 Å². The number of amides is 2. The van der Waals surface area contributed by atoms with Gasteiger partial charge >= 0.3 is 0 Å². The van der Waals surface area contributed by atoms with Gasteiger partial charge in [-0.05, 0) is 38.6 Å². The SMILES string of the molecule is CCNC(=O)CN(CC)C(=O)CC(CN)CC(C)C. The molecular formula is C14H29N3O2. The fraction of sp³-hybridized carbons (Fsp3) is 0.857. The molecule has 0 saturated heterocycles. The van der Waals surface area contributed by atoms with E-state index in [0.717, 1.165) is 6.42 Å². The molecule has 0 saturated carbocycles. The first-order chi connectivity index (χ1) is 8.94. The second kappa shape index (κ2) is 9.78. The Kier molecular flexibility index (Phi) is 9.21. The zero-order valence-corrected chi connectivity index (χ0v) is 12.7. The minimum absolute atomic E-state index is 0.0184. The van der Waals surface area contributed by atoms with Gasteiger partial charge in [0.25, 0.3) is 0 Å². The maximum absolute atomic E-state index is 12.2. The van der Waals surface area contributed by atoms with Gasteiger partial charge in [-0.25, -0.2) is 0 Å². The molecule has 112 valence electrons. The van der Waals surface area contributed by atoms with Crippen molar-refractivity contribution in [2.75, 3.05) is 26.2 Å². The fourth-order valence-electron chi connectivity index (χ4n) is 2.11. The lowest BCUT2D eigenvalue weighted by Crippen LogP contribution is -2.41. The van der Waals surface area contributed by atoms with Gasteiger partial charge in [-0.3, -0.25) is 9.59 Å². The van der Waals surface area contributed by atoms with E-state index in [9.17, 15) is 9.59 Å². The van der Waals surface area contributed by atoms with Crippen LogP contribution in [-0.2, 0) is 9.59 Å². The van der Waals surface area contributed by atoms with Crippen LogP contribution in [0.25, 0.3) is 0 Å². The summed E-state index contributed by atoms with van der Waals surface area (Å²) in [4.78, 5) is 25.3. The average molecular weight is 271 g/mol.